The molecule has 9 heteroatoms. The number of urea groups is 1. The van der Waals surface area contributed by atoms with Crippen LogP contribution in [0.25, 0.3) is 0 Å². The Morgan fingerprint density at radius 1 is 1.41 bits per heavy atom. The lowest BCUT2D eigenvalue weighted by Gasteiger charge is -2.33. The van der Waals surface area contributed by atoms with E-state index >= 15 is 0 Å². The number of nitrogens with zero attached hydrogens (tertiary/aromatic N) is 1. The van der Waals surface area contributed by atoms with Crippen molar-refractivity contribution in [2.45, 2.75) is 63.3 Å². The SMILES string of the molecule is C[C@H](c1ccc2c(c1NC(=O)N1C=C(S(=N)(N)=O)S[C@H]1C(C)(C)O)CC2)C1CC1. The monoisotopic (exact) mass is 436 g/mol. The Balaban J connectivity index is 1.67. The summed E-state index contributed by atoms with van der Waals surface area (Å²) in [6.07, 6.45) is 5.73. The fourth-order valence-electron chi connectivity index (χ4n) is 4.04. The summed E-state index contributed by atoms with van der Waals surface area (Å²) in [5.74, 6) is 1.03. The zero-order chi connectivity index (χ0) is 21.1. The highest BCUT2D eigenvalue weighted by Crippen LogP contribution is 2.47. The molecule has 3 atom stereocenters. The van der Waals surface area contributed by atoms with Gasteiger partial charge in [0.05, 0.1) is 5.60 Å². The number of hydrogen-bond acceptors (Lipinski definition) is 5. The molecule has 0 radical (unpaired) electrons. The van der Waals surface area contributed by atoms with Gasteiger partial charge < -0.3 is 10.4 Å². The molecule has 158 valence electrons. The number of carbonyl (C=O) groups excluding carboxylic acids is 1. The molecular weight excluding hydrogens is 408 g/mol. The molecule has 1 saturated carbocycles. The number of benzene rings is 1. The van der Waals surface area contributed by atoms with Crippen LogP contribution in [-0.4, -0.2) is 31.2 Å². The Morgan fingerprint density at radius 3 is 2.62 bits per heavy atom. The fraction of sp³-hybridized carbons (Fsp3) is 0.550. The van der Waals surface area contributed by atoms with Gasteiger partial charge in [0.15, 0.2) is 0 Å². The zero-order valence-electron chi connectivity index (χ0n) is 16.9. The van der Waals surface area contributed by atoms with Crippen molar-refractivity contribution in [2.24, 2.45) is 11.1 Å². The second-order valence-corrected chi connectivity index (χ2v) is 11.8. The molecule has 1 heterocycles. The van der Waals surface area contributed by atoms with Gasteiger partial charge in [-0.1, -0.05) is 30.8 Å². The molecule has 2 amide bonds. The van der Waals surface area contributed by atoms with E-state index in [1.807, 2.05) is 0 Å². The molecule has 1 aliphatic heterocycles. The molecule has 1 aromatic carbocycles. The summed E-state index contributed by atoms with van der Waals surface area (Å²) in [7, 11) is -3.47. The van der Waals surface area contributed by atoms with Crippen molar-refractivity contribution >= 4 is 33.4 Å². The van der Waals surface area contributed by atoms with Crippen molar-refractivity contribution in [3.63, 3.8) is 0 Å². The molecule has 0 bridgehead atoms. The standard InChI is InChI=1S/C20H28N4O3S2/c1-11(12-4-5-12)14-8-6-13-7-9-15(13)17(14)23-19(25)24-10-16(29(21,22)27)28-18(24)20(2,3)26/h6,8,10-12,18,26H,4-5,7,9H2,1-3H3,(H,23,25)(H3,21,22,27)/t11-,18-/m0/s1. The van der Waals surface area contributed by atoms with Gasteiger partial charge in [0.2, 0.25) is 0 Å². The lowest BCUT2D eigenvalue weighted by molar-refractivity contribution is 0.0470. The van der Waals surface area contributed by atoms with E-state index in [2.05, 4.69) is 24.4 Å². The Kier molecular flexibility index (Phi) is 5.00. The van der Waals surface area contributed by atoms with Crippen LogP contribution in [0.1, 0.15) is 56.2 Å². The highest BCUT2D eigenvalue weighted by Gasteiger charge is 2.42. The third-order valence-corrected chi connectivity index (χ3v) is 9.10. The summed E-state index contributed by atoms with van der Waals surface area (Å²) < 4.78 is 19.8. The zero-order valence-corrected chi connectivity index (χ0v) is 18.5. The molecule has 5 N–H and O–H groups in total. The van der Waals surface area contributed by atoms with Gasteiger partial charge in [-0.15, -0.1) is 0 Å². The largest absolute Gasteiger partial charge is 0.387 e. The first-order valence-electron chi connectivity index (χ1n) is 9.88. The molecule has 4 rings (SSSR count). The van der Waals surface area contributed by atoms with E-state index < -0.39 is 26.9 Å². The third kappa shape index (κ3) is 3.93. The normalized spacial score (nSPS) is 24.2. The molecule has 1 unspecified atom stereocenters. The first kappa shape index (κ1) is 20.7. The molecule has 29 heavy (non-hydrogen) atoms. The van der Waals surface area contributed by atoms with Crippen LogP contribution in [0.4, 0.5) is 10.5 Å². The lowest BCUT2D eigenvalue weighted by Crippen LogP contribution is -2.47. The van der Waals surface area contributed by atoms with Gasteiger partial charge in [-0.3, -0.25) is 4.90 Å². The molecule has 1 aromatic rings. The predicted molar refractivity (Wildman–Crippen MR) is 117 cm³/mol. The van der Waals surface area contributed by atoms with Crippen LogP contribution in [0.15, 0.2) is 22.6 Å². The third-order valence-electron chi connectivity index (χ3n) is 6.00. The van der Waals surface area contributed by atoms with Crippen molar-refractivity contribution in [1.29, 1.82) is 4.78 Å². The number of nitrogens with one attached hydrogen (secondary N) is 2. The Hall–Kier alpha value is -1.55. The van der Waals surface area contributed by atoms with Crippen molar-refractivity contribution in [2.75, 3.05) is 5.32 Å². The summed E-state index contributed by atoms with van der Waals surface area (Å²) in [5, 5.41) is 18.4. The summed E-state index contributed by atoms with van der Waals surface area (Å²) >= 11 is 1.01. The summed E-state index contributed by atoms with van der Waals surface area (Å²) in [4.78, 5) is 14.6. The number of fused-ring (bicyclic) bond motifs is 1. The van der Waals surface area contributed by atoms with Crippen molar-refractivity contribution in [1.82, 2.24) is 4.90 Å². The highest BCUT2D eigenvalue weighted by molar-refractivity contribution is 8.18. The van der Waals surface area contributed by atoms with Crippen molar-refractivity contribution in [3.8, 4) is 0 Å². The summed E-state index contributed by atoms with van der Waals surface area (Å²) in [5.41, 5.74) is 3.20. The van der Waals surface area contributed by atoms with E-state index in [9.17, 15) is 14.1 Å². The minimum Gasteiger partial charge on any atom is -0.387 e. The van der Waals surface area contributed by atoms with Gasteiger partial charge >= 0.3 is 6.03 Å². The fourth-order valence-corrected chi connectivity index (χ4v) is 6.11. The molecule has 2 aliphatic carbocycles. The first-order valence-corrected chi connectivity index (χ1v) is 12.4. The van der Waals surface area contributed by atoms with E-state index in [1.165, 1.54) is 35.1 Å². The van der Waals surface area contributed by atoms with Gasteiger partial charge in [-0.25, -0.2) is 18.9 Å². The van der Waals surface area contributed by atoms with E-state index in [1.54, 1.807) is 13.8 Å². The van der Waals surface area contributed by atoms with Gasteiger partial charge in [0.1, 0.15) is 19.5 Å². The molecular formula is C20H28N4O3S2. The van der Waals surface area contributed by atoms with Crippen LogP contribution < -0.4 is 10.5 Å². The number of thioether (sulfide) groups is 1. The second kappa shape index (κ2) is 7.01. The molecule has 0 aromatic heterocycles. The minimum atomic E-state index is -3.47. The molecule has 7 nitrogen and oxygen atoms in total. The number of hydrogen-bond donors (Lipinski definition) is 4. The van der Waals surface area contributed by atoms with Gasteiger partial charge in [-0.2, -0.15) is 0 Å². The number of aryl methyl sites for hydroxylation is 1. The number of anilines is 1. The number of aliphatic hydroxyl groups is 1. The Labute approximate surface area is 176 Å². The first-order chi connectivity index (χ1) is 13.5. The maximum atomic E-state index is 13.2. The maximum Gasteiger partial charge on any atom is 0.327 e. The van der Waals surface area contributed by atoms with E-state index in [-0.39, 0.29) is 4.24 Å². The van der Waals surface area contributed by atoms with Crippen LogP contribution in [0.5, 0.6) is 0 Å². The van der Waals surface area contributed by atoms with Crippen molar-refractivity contribution < 1.29 is 14.1 Å². The van der Waals surface area contributed by atoms with Crippen LogP contribution in [0.3, 0.4) is 0 Å². The number of carbonyl (C=O) groups is 1. The molecule has 3 aliphatic rings. The van der Waals surface area contributed by atoms with Gasteiger partial charge in [0, 0.05) is 11.9 Å². The smallest absolute Gasteiger partial charge is 0.327 e. The maximum absolute atomic E-state index is 13.2. The second-order valence-electron chi connectivity index (χ2n) is 8.80. The molecule has 1 fully saturated rings. The van der Waals surface area contributed by atoms with Crippen molar-refractivity contribution in [3.05, 3.63) is 39.3 Å². The topological polar surface area (TPSA) is 120 Å². The molecule has 0 spiro atoms. The average molecular weight is 437 g/mol. The highest BCUT2D eigenvalue weighted by atomic mass is 32.3. The quantitative estimate of drug-likeness (QED) is 0.562. The number of rotatable bonds is 5. The average Bonchev–Trinajstić information content (AvgIpc) is 3.30. The van der Waals surface area contributed by atoms with E-state index in [4.69, 9.17) is 9.92 Å². The number of nitrogens with two attached hydrogens (primary N) is 1. The Bertz CT molecular complexity index is 994. The number of amides is 2. The minimum absolute atomic E-state index is 0.0902. The van der Waals surface area contributed by atoms with Gasteiger partial charge in [-0.05, 0) is 68.1 Å². The summed E-state index contributed by atoms with van der Waals surface area (Å²) in [6, 6.07) is 3.88. The van der Waals surface area contributed by atoms with Crippen LogP contribution in [0, 0.1) is 10.7 Å². The van der Waals surface area contributed by atoms with E-state index in [0.29, 0.717) is 11.8 Å². The molecule has 0 saturated heterocycles. The van der Waals surface area contributed by atoms with Gasteiger partial charge in [0.25, 0.3) is 0 Å². The van der Waals surface area contributed by atoms with Crippen LogP contribution in [-0.2, 0) is 22.8 Å². The Morgan fingerprint density at radius 2 is 2.10 bits per heavy atom. The van der Waals surface area contributed by atoms with Crippen LogP contribution in [0.2, 0.25) is 0 Å². The lowest BCUT2D eigenvalue weighted by atomic mass is 9.82. The summed E-state index contributed by atoms with van der Waals surface area (Å²) in [6.45, 7) is 5.38. The predicted octanol–water partition coefficient (Wildman–Crippen LogP) is 3.70. The van der Waals surface area contributed by atoms with Crippen LogP contribution >= 0.6 is 11.8 Å². The van der Waals surface area contributed by atoms with E-state index in [0.717, 1.165) is 35.9 Å².